The molecule has 0 radical (unpaired) electrons. The largest absolute Gasteiger partial charge is 0.449 e. The molecule has 0 aliphatic carbocycles. The van der Waals surface area contributed by atoms with Crippen LogP contribution in [0.3, 0.4) is 0 Å². The van der Waals surface area contributed by atoms with Gasteiger partial charge in [-0.05, 0) is 34.1 Å². The number of rotatable bonds is 4. The van der Waals surface area contributed by atoms with Crippen molar-refractivity contribution in [1.82, 2.24) is 0 Å². The average Bonchev–Trinajstić information content (AvgIpc) is 2.41. The highest BCUT2D eigenvalue weighted by Gasteiger charge is 2.19. The lowest BCUT2D eigenvalue weighted by Crippen LogP contribution is -2.01. The maximum Gasteiger partial charge on any atom is 0.312 e. The molecule has 7 heteroatoms. The van der Waals surface area contributed by atoms with Crippen molar-refractivity contribution < 1.29 is 9.66 Å². The Morgan fingerprint density at radius 1 is 1.35 bits per heavy atom. The van der Waals surface area contributed by atoms with Gasteiger partial charge in [-0.25, -0.2) is 0 Å². The van der Waals surface area contributed by atoms with E-state index in [1.807, 2.05) is 0 Å². The third-order valence-corrected chi connectivity index (χ3v) is 3.46. The van der Waals surface area contributed by atoms with E-state index in [9.17, 15) is 10.1 Å². The minimum absolute atomic E-state index is 0.120. The number of nitro groups is 1. The molecular weight excluding hydrogens is 348 g/mol. The lowest BCUT2D eigenvalue weighted by molar-refractivity contribution is -0.385. The Bertz CT molecular complexity index is 664. The number of para-hydroxylation sites is 1. The van der Waals surface area contributed by atoms with Crippen LogP contribution in [0.5, 0.6) is 11.5 Å². The van der Waals surface area contributed by atoms with Crippen molar-refractivity contribution in [3.8, 4) is 11.5 Å². The summed E-state index contributed by atoms with van der Waals surface area (Å²) < 4.78 is 6.13. The van der Waals surface area contributed by atoms with Gasteiger partial charge in [-0.1, -0.05) is 23.7 Å². The number of benzene rings is 2. The van der Waals surface area contributed by atoms with Gasteiger partial charge in [0, 0.05) is 23.2 Å². The first-order valence-electron chi connectivity index (χ1n) is 5.62. The van der Waals surface area contributed by atoms with Gasteiger partial charge < -0.3 is 10.5 Å². The van der Waals surface area contributed by atoms with Gasteiger partial charge in [-0.2, -0.15) is 0 Å². The minimum atomic E-state index is -0.507. The van der Waals surface area contributed by atoms with Crippen molar-refractivity contribution in [2.45, 2.75) is 6.54 Å². The fraction of sp³-hybridized carbons (Fsp3) is 0.0769. The minimum Gasteiger partial charge on any atom is -0.449 e. The maximum absolute atomic E-state index is 11.0. The fourth-order valence-electron chi connectivity index (χ4n) is 1.64. The van der Waals surface area contributed by atoms with Gasteiger partial charge in [-0.15, -0.1) is 0 Å². The van der Waals surface area contributed by atoms with Crippen molar-refractivity contribution >= 4 is 33.2 Å². The molecule has 5 nitrogen and oxygen atoms in total. The van der Waals surface area contributed by atoms with E-state index in [0.29, 0.717) is 20.8 Å². The van der Waals surface area contributed by atoms with Crippen LogP contribution in [0.25, 0.3) is 0 Å². The lowest BCUT2D eigenvalue weighted by atomic mass is 10.2. The summed E-state index contributed by atoms with van der Waals surface area (Å²) in [5.74, 6) is 0.518. The summed E-state index contributed by atoms with van der Waals surface area (Å²) in [6.07, 6.45) is 0. The van der Waals surface area contributed by atoms with Crippen LogP contribution in [-0.2, 0) is 6.54 Å². The highest BCUT2D eigenvalue weighted by molar-refractivity contribution is 9.10. The molecular formula is C13H10BrClN2O3. The summed E-state index contributed by atoms with van der Waals surface area (Å²) in [4.78, 5) is 10.5. The Hall–Kier alpha value is -1.63. The van der Waals surface area contributed by atoms with E-state index in [1.165, 1.54) is 6.07 Å². The van der Waals surface area contributed by atoms with Gasteiger partial charge in [0.25, 0.3) is 0 Å². The second-order valence-corrected chi connectivity index (χ2v) is 5.19. The lowest BCUT2D eigenvalue weighted by Gasteiger charge is -2.11. The molecule has 0 spiro atoms. The Morgan fingerprint density at radius 2 is 2.10 bits per heavy atom. The number of ether oxygens (including phenoxy) is 1. The van der Waals surface area contributed by atoms with Gasteiger partial charge in [0.05, 0.1) is 9.40 Å². The third kappa shape index (κ3) is 3.09. The molecule has 0 saturated carbocycles. The number of nitrogens with two attached hydrogens (primary N) is 1. The smallest absolute Gasteiger partial charge is 0.312 e. The van der Waals surface area contributed by atoms with Gasteiger partial charge >= 0.3 is 5.69 Å². The molecule has 104 valence electrons. The average molecular weight is 358 g/mol. The molecule has 2 aromatic rings. The summed E-state index contributed by atoms with van der Waals surface area (Å²) >= 11 is 9.16. The van der Waals surface area contributed by atoms with Crippen LogP contribution < -0.4 is 10.5 Å². The molecule has 0 unspecified atom stereocenters. The maximum atomic E-state index is 11.0. The standard InChI is InChI=1S/C13H10BrClN2O3/c14-10-2-1-3-11(17(18)19)13(10)20-12-6-9(15)5-4-8(12)7-16/h1-6H,7,16H2. The Kier molecular flexibility index (Phi) is 4.59. The zero-order chi connectivity index (χ0) is 14.7. The van der Waals surface area contributed by atoms with Gasteiger partial charge in [0.15, 0.2) is 0 Å². The molecule has 20 heavy (non-hydrogen) atoms. The van der Waals surface area contributed by atoms with Crippen LogP contribution in [0.4, 0.5) is 5.69 Å². The number of halogens is 2. The van der Waals surface area contributed by atoms with Crippen LogP contribution in [0.2, 0.25) is 5.02 Å². The molecule has 0 aliphatic rings. The van der Waals surface area contributed by atoms with Crippen LogP contribution in [0.15, 0.2) is 40.9 Å². The van der Waals surface area contributed by atoms with Crippen LogP contribution >= 0.6 is 27.5 Å². The molecule has 0 atom stereocenters. The highest BCUT2D eigenvalue weighted by atomic mass is 79.9. The van der Waals surface area contributed by atoms with Gasteiger partial charge in [0.2, 0.25) is 5.75 Å². The predicted molar refractivity (Wildman–Crippen MR) is 80.2 cm³/mol. The summed E-state index contributed by atoms with van der Waals surface area (Å²) in [5, 5.41) is 11.5. The molecule has 0 saturated heterocycles. The van der Waals surface area contributed by atoms with E-state index in [-0.39, 0.29) is 18.0 Å². The second-order valence-electron chi connectivity index (χ2n) is 3.90. The number of nitrogens with zero attached hydrogens (tertiary/aromatic N) is 1. The number of hydrogen-bond acceptors (Lipinski definition) is 4. The molecule has 0 aliphatic heterocycles. The van der Waals surface area contributed by atoms with E-state index >= 15 is 0 Å². The van der Waals surface area contributed by atoms with Crippen LogP contribution in [0, 0.1) is 10.1 Å². The van der Waals surface area contributed by atoms with E-state index in [4.69, 9.17) is 22.1 Å². The zero-order valence-electron chi connectivity index (χ0n) is 10.2. The normalized spacial score (nSPS) is 10.3. The Labute approximate surface area is 128 Å². The first kappa shape index (κ1) is 14.8. The molecule has 2 aromatic carbocycles. The van der Waals surface area contributed by atoms with Gasteiger partial charge in [-0.3, -0.25) is 10.1 Å². The predicted octanol–water partition coefficient (Wildman–Crippen LogP) is 4.26. The molecule has 0 heterocycles. The van der Waals surface area contributed by atoms with E-state index < -0.39 is 4.92 Å². The quantitative estimate of drug-likeness (QED) is 0.655. The van der Waals surface area contributed by atoms with E-state index in [1.54, 1.807) is 30.3 Å². The van der Waals surface area contributed by atoms with Crippen molar-refractivity contribution in [1.29, 1.82) is 0 Å². The van der Waals surface area contributed by atoms with Gasteiger partial charge in [0.1, 0.15) is 5.75 Å². The van der Waals surface area contributed by atoms with E-state index in [2.05, 4.69) is 15.9 Å². The van der Waals surface area contributed by atoms with Crippen LogP contribution in [-0.4, -0.2) is 4.92 Å². The number of hydrogen-bond donors (Lipinski definition) is 1. The van der Waals surface area contributed by atoms with Crippen molar-refractivity contribution in [3.05, 3.63) is 61.6 Å². The van der Waals surface area contributed by atoms with Crippen molar-refractivity contribution in [2.75, 3.05) is 0 Å². The topological polar surface area (TPSA) is 78.4 Å². The molecule has 0 bridgehead atoms. The highest BCUT2D eigenvalue weighted by Crippen LogP contribution is 2.39. The molecule has 2 N–H and O–H groups in total. The Morgan fingerprint density at radius 3 is 2.75 bits per heavy atom. The van der Waals surface area contributed by atoms with E-state index in [0.717, 1.165) is 0 Å². The molecule has 0 aromatic heterocycles. The molecule has 0 amide bonds. The molecule has 2 rings (SSSR count). The summed E-state index contributed by atoms with van der Waals surface area (Å²) in [5.41, 5.74) is 6.19. The first-order chi connectivity index (χ1) is 9.52. The SMILES string of the molecule is NCc1ccc(Cl)cc1Oc1c(Br)cccc1[N+](=O)[O-]. The molecule has 0 fully saturated rings. The summed E-state index contributed by atoms with van der Waals surface area (Å²) in [7, 11) is 0. The monoisotopic (exact) mass is 356 g/mol. The zero-order valence-corrected chi connectivity index (χ0v) is 12.5. The fourth-order valence-corrected chi connectivity index (χ4v) is 2.24. The second kappa shape index (κ2) is 6.21. The third-order valence-electron chi connectivity index (χ3n) is 2.60. The number of nitro benzene ring substituents is 1. The summed E-state index contributed by atoms with van der Waals surface area (Å²) in [6.45, 7) is 0.241. The van der Waals surface area contributed by atoms with Crippen molar-refractivity contribution in [2.24, 2.45) is 5.73 Å². The first-order valence-corrected chi connectivity index (χ1v) is 6.79. The summed E-state index contributed by atoms with van der Waals surface area (Å²) in [6, 6.07) is 9.58. The van der Waals surface area contributed by atoms with Crippen LogP contribution in [0.1, 0.15) is 5.56 Å². The Balaban J connectivity index is 2.50. The van der Waals surface area contributed by atoms with Crippen molar-refractivity contribution in [3.63, 3.8) is 0 Å².